The van der Waals surface area contributed by atoms with Crippen molar-refractivity contribution >= 4 is 18.7 Å². The van der Waals surface area contributed by atoms with Crippen LogP contribution in [0.1, 0.15) is 40.5 Å². The van der Waals surface area contributed by atoms with Crippen molar-refractivity contribution in [1.82, 2.24) is 0 Å². The Hall–Kier alpha value is -1.50. The van der Waals surface area contributed by atoms with E-state index in [2.05, 4.69) is 69.3 Å². The average Bonchev–Trinajstić information content (AvgIpc) is 3.08. The molecule has 2 N–H and O–H groups in total. The van der Waals surface area contributed by atoms with Gasteiger partial charge < -0.3 is 19.4 Å². The third kappa shape index (κ3) is 4.87. The summed E-state index contributed by atoms with van der Waals surface area (Å²) < 4.78 is 13.1. The Morgan fingerprint density at radius 3 is 2.03 bits per heavy atom. The zero-order valence-electron chi connectivity index (χ0n) is 18.6. The van der Waals surface area contributed by atoms with E-state index in [4.69, 9.17) is 9.16 Å². The Bertz CT molecular complexity index is 735. The van der Waals surface area contributed by atoms with Gasteiger partial charge in [0, 0.05) is 13.0 Å². The summed E-state index contributed by atoms with van der Waals surface area (Å²) in [6.07, 6.45) is 0.346. The van der Waals surface area contributed by atoms with Crippen LogP contribution in [0.15, 0.2) is 60.7 Å². The quantitative estimate of drug-likeness (QED) is 0.635. The molecule has 30 heavy (non-hydrogen) atoms. The van der Waals surface area contributed by atoms with Crippen LogP contribution >= 0.6 is 0 Å². The van der Waals surface area contributed by atoms with E-state index < -0.39 is 14.4 Å². The molecule has 0 amide bonds. The Morgan fingerprint density at radius 1 is 1.03 bits per heavy atom. The van der Waals surface area contributed by atoms with Crippen LogP contribution in [0.25, 0.3) is 0 Å². The molecule has 1 aliphatic heterocycles. The van der Waals surface area contributed by atoms with Gasteiger partial charge in [-0.3, -0.25) is 0 Å². The maximum atomic E-state index is 10.5. The number of benzene rings is 2. The summed E-state index contributed by atoms with van der Waals surface area (Å²) in [5.74, 6) is 0.112. The molecule has 0 aliphatic carbocycles. The van der Waals surface area contributed by atoms with Gasteiger partial charge in [-0.05, 0) is 27.8 Å². The van der Waals surface area contributed by atoms with Gasteiger partial charge in [0.1, 0.15) is 0 Å². The van der Waals surface area contributed by atoms with Gasteiger partial charge >= 0.3 is 0 Å². The van der Waals surface area contributed by atoms with Crippen molar-refractivity contribution in [1.29, 1.82) is 0 Å². The van der Waals surface area contributed by atoms with Gasteiger partial charge in [0.05, 0.1) is 24.9 Å². The number of hydrogen-bond acceptors (Lipinski definition) is 4. The van der Waals surface area contributed by atoms with Crippen molar-refractivity contribution < 1.29 is 19.4 Å². The minimum Gasteiger partial charge on any atom is -0.405 e. The van der Waals surface area contributed by atoms with E-state index in [-0.39, 0.29) is 29.8 Å². The smallest absolute Gasteiger partial charge is 0.261 e. The molecule has 1 fully saturated rings. The molecule has 164 valence electrons. The van der Waals surface area contributed by atoms with Crippen LogP contribution in [-0.2, 0) is 9.16 Å². The number of hydrogen-bond donors (Lipinski definition) is 2. The molecular formula is C25H36O4Si. The summed E-state index contributed by atoms with van der Waals surface area (Å²) in [5.41, 5.74) is 0. The Kier molecular flexibility index (Phi) is 7.53. The Labute approximate surface area is 182 Å². The van der Waals surface area contributed by atoms with Crippen LogP contribution in [-0.4, -0.2) is 50.1 Å². The van der Waals surface area contributed by atoms with Gasteiger partial charge in [0.2, 0.25) is 0 Å². The van der Waals surface area contributed by atoms with E-state index >= 15 is 0 Å². The van der Waals surface area contributed by atoms with E-state index in [1.807, 2.05) is 19.1 Å². The highest BCUT2D eigenvalue weighted by atomic mass is 28.4. The lowest BCUT2D eigenvalue weighted by Crippen LogP contribution is -2.67. The van der Waals surface area contributed by atoms with E-state index in [1.54, 1.807) is 0 Å². The maximum Gasteiger partial charge on any atom is 0.261 e. The van der Waals surface area contributed by atoms with E-state index in [9.17, 15) is 10.2 Å². The molecule has 1 saturated heterocycles. The number of rotatable bonds is 8. The fourth-order valence-corrected chi connectivity index (χ4v) is 9.18. The van der Waals surface area contributed by atoms with Crippen LogP contribution < -0.4 is 10.4 Å². The molecule has 0 aromatic heterocycles. The van der Waals surface area contributed by atoms with E-state index in [0.29, 0.717) is 19.4 Å². The van der Waals surface area contributed by atoms with Crippen molar-refractivity contribution in [2.24, 2.45) is 5.92 Å². The van der Waals surface area contributed by atoms with Crippen molar-refractivity contribution in [3.63, 3.8) is 0 Å². The predicted octanol–water partition coefficient (Wildman–Crippen LogP) is 3.10. The zero-order valence-corrected chi connectivity index (χ0v) is 19.6. The van der Waals surface area contributed by atoms with Crippen molar-refractivity contribution in [2.45, 2.75) is 63.9 Å². The summed E-state index contributed by atoms with van der Waals surface area (Å²) in [7, 11) is -2.60. The second-order valence-electron chi connectivity index (χ2n) is 9.60. The Balaban J connectivity index is 1.88. The molecule has 4 nitrogen and oxygen atoms in total. The highest BCUT2D eigenvalue weighted by Gasteiger charge is 2.51. The molecule has 0 spiro atoms. The van der Waals surface area contributed by atoms with Gasteiger partial charge in [-0.1, -0.05) is 88.4 Å². The monoisotopic (exact) mass is 428 g/mol. The first-order valence-electron chi connectivity index (χ1n) is 11.0. The van der Waals surface area contributed by atoms with Crippen molar-refractivity contribution in [3.8, 4) is 0 Å². The van der Waals surface area contributed by atoms with E-state index in [0.717, 1.165) is 0 Å². The van der Waals surface area contributed by atoms with E-state index in [1.165, 1.54) is 10.4 Å². The molecule has 2 aromatic rings. The number of aliphatic hydroxyl groups is 2. The second kappa shape index (κ2) is 9.75. The summed E-state index contributed by atoms with van der Waals surface area (Å²) >= 11 is 0. The summed E-state index contributed by atoms with van der Waals surface area (Å²) in [4.78, 5) is 0. The zero-order chi connectivity index (χ0) is 21.8. The average molecular weight is 429 g/mol. The topological polar surface area (TPSA) is 58.9 Å². The van der Waals surface area contributed by atoms with Crippen molar-refractivity contribution in [3.05, 3.63) is 60.7 Å². The molecule has 1 aliphatic rings. The van der Waals surface area contributed by atoms with Crippen LogP contribution in [0.4, 0.5) is 0 Å². The molecule has 1 heterocycles. The molecule has 5 heteroatoms. The standard InChI is InChI=1S/C25H36O4Si/c1-19(17-26)15-24-23(27)16-20(29-24)18-28-30(25(2,3)4,21-11-7-5-8-12-21)22-13-9-6-10-14-22/h5-14,19-20,23-24,26-27H,15-18H2,1-4H3/t19-,20-,23-,24-/m1/s1. The largest absolute Gasteiger partial charge is 0.405 e. The molecule has 0 radical (unpaired) electrons. The van der Waals surface area contributed by atoms with Gasteiger partial charge in [0.15, 0.2) is 0 Å². The van der Waals surface area contributed by atoms with Gasteiger partial charge in [-0.25, -0.2) is 0 Å². The first-order chi connectivity index (χ1) is 14.3. The van der Waals surface area contributed by atoms with Crippen LogP contribution in [0.3, 0.4) is 0 Å². The number of ether oxygens (including phenoxy) is 1. The molecule has 0 saturated carbocycles. The normalized spacial score (nSPS) is 23.5. The summed E-state index contributed by atoms with van der Waals surface area (Å²) in [6.45, 7) is 9.31. The summed E-state index contributed by atoms with van der Waals surface area (Å²) in [5, 5.41) is 22.2. The lowest BCUT2D eigenvalue weighted by molar-refractivity contribution is -0.0209. The minimum atomic E-state index is -2.60. The first kappa shape index (κ1) is 23.2. The fourth-order valence-electron chi connectivity index (χ4n) is 4.59. The lowest BCUT2D eigenvalue weighted by atomic mass is 10.0. The molecule has 4 atom stereocenters. The molecule has 2 aromatic carbocycles. The van der Waals surface area contributed by atoms with Crippen molar-refractivity contribution in [2.75, 3.05) is 13.2 Å². The van der Waals surface area contributed by atoms with Gasteiger partial charge in [-0.15, -0.1) is 0 Å². The molecule has 3 rings (SSSR count). The van der Waals surface area contributed by atoms with Crippen LogP contribution in [0.2, 0.25) is 5.04 Å². The van der Waals surface area contributed by atoms with Crippen LogP contribution in [0.5, 0.6) is 0 Å². The Morgan fingerprint density at radius 2 is 1.57 bits per heavy atom. The molecule has 0 unspecified atom stereocenters. The predicted molar refractivity (Wildman–Crippen MR) is 124 cm³/mol. The lowest BCUT2D eigenvalue weighted by Gasteiger charge is -2.43. The SMILES string of the molecule is C[C@@H](CO)C[C@H]1O[C@@H](CO[Si](c2ccccc2)(c2ccccc2)C(C)(C)C)C[C@H]1O. The van der Waals surface area contributed by atoms with Gasteiger partial charge in [0.25, 0.3) is 8.32 Å². The third-order valence-corrected chi connectivity index (χ3v) is 11.2. The fraction of sp³-hybridized carbons (Fsp3) is 0.520. The molecule has 0 bridgehead atoms. The minimum absolute atomic E-state index is 0.0856. The molecular weight excluding hydrogens is 392 g/mol. The highest BCUT2D eigenvalue weighted by Crippen LogP contribution is 2.37. The second-order valence-corrected chi connectivity index (χ2v) is 13.9. The van der Waals surface area contributed by atoms with Gasteiger partial charge in [-0.2, -0.15) is 0 Å². The summed E-state index contributed by atoms with van der Waals surface area (Å²) in [6, 6.07) is 21.1. The first-order valence-corrected chi connectivity index (χ1v) is 12.9. The maximum absolute atomic E-state index is 10.5. The van der Waals surface area contributed by atoms with Crippen LogP contribution in [0, 0.1) is 5.92 Å². The highest BCUT2D eigenvalue weighted by molar-refractivity contribution is 6.99. The number of aliphatic hydroxyl groups excluding tert-OH is 2. The third-order valence-electron chi connectivity index (χ3n) is 6.15.